The summed E-state index contributed by atoms with van der Waals surface area (Å²) in [5.41, 5.74) is 1.44. The fourth-order valence-corrected chi connectivity index (χ4v) is 2.33. The van der Waals surface area contributed by atoms with Crippen molar-refractivity contribution in [1.29, 1.82) is 0 Å². The average molecular weight is 412 g/mol. The third-order valence-electron chi connectivity index (χ3n) is 3.13. The third kappa shape index (κ3) is 5.54. The van der Waals surface area contributed by atoms with Gasteiger partial charge in [-0.3, -0.25) is 4.79 Å². The van der Waals surface area contributed by atoms with Gasteiger partial charge in [-0.25, -0.2) is 4.79 Å². The second kappa shape index (κ2) is 8.70. The zero-order chi connectivity index (χ0) is 17.5. The second-order valence-electron chi connectivity index (χ2n) is 5.05. The van der Waals surface area contributed by atoms with E-state index < -0.39 is 12.1 Å². The minimum atomic E-state index is -0.747. The van der Waals surface area contributed by atoms with Crippen LogP contribution in [0.2, 0.25) is 5.02 Å². The molecule has 0 radical (unpaired) electrons. The molecule has 0 aliphatic heterocycles. The average Bonchev–Trinajstić information content (AvgIpc) is 2.57. The van der Waals surface area contributed by atoms with Crippen LogP contribution < -0.4 is 10.6 Å². The molecule has 24 heavy (non-hydrogen) atoms. The van der Waals surface area contributed by atoms with Gasteiger partial charge in [-0.2, -0.15) is 0 Å². The van der Waals surface area contributed by atoms with Gasteiger partial charge in [0.15, 0.2) is 0 Å². The molecule has 0 saturated carbocycles. The molecule has 0 spiro atoms. The number of hydrogen-bond acceptors (Lipinski definition) is 3. The van der Waals surface area contributed by atoms with Crippen molar-refractivity contribution in [3.05, 3.63) is 63.6 Å². The monoisotopic (exact) mass is 410 g/mol. The number of carbonyl (C=O) groups is 2. The van der Waals surface area contributed by atoms with Gasteiger partial charge in [0.2, 0.25) is 5.91 Å². The molecule has 2 amide bonds. The molecule has 0 heterocycles. The molecule has 0 aliphatic carbocycles. The van der Waals surface area contributed by atoms with E-state index in [2.05, 4.69) is 26.6 Å². The van der Waals surface area contributed by atoms with Crippen molar-refractivity contribution in [1.82, 2.24) is 5.32 Å². The maximum absolute atomic E-state index is 12.1. The predicted molar refractivity (Wildman–Crippen MR) is 97.0 cm³/mol. The maximum Gasteiger partial charge on any atom is 0.408 e. The first-order chi connectivity index (χ1) is 11.5. The van der Waals surface area contributed by atoms with Crippen molar-refractivity contribution < 1.29 is 14.3 Å². The Balaban J connectivity index is 1.82. The van der Waals surface area contributed by atoms with Crippen LogP contribution >= 0.6 is 27.5 Å². The van der Waals surface area contributed by atoms with E-state index in [0.29, 0.717) is 15.2 Å². The number of rotatable bonds is 5. The van der Waals surface area contributed by atoms with Crippen LogP contribution in [0, 0.1) is 0 Å². The standard InChI is InChI=1S/C17H16BrClN2O3/c1-11(16(22)21-13-7-8-15(19)14(18)9-13)20-17(23)24-10-12-5-3-2-4-6-12/h2-9,11H,10H2,1H3,(H,20,23)(H,21,22). The summed E-state index contributed by atoms with van der Waals surface area (Å²) in [6.45, 7) is 1.72. The van der Waals surface area contributed by atoms with Crippen LogP contribution in [0.4, 0.5) is 10.5 Å². The highest BCUT2D eigenvalue weighted by molar-refractivity contribution is 9.10. The van der Waals surface area contributed by atoms with E-state index in [0.717, 1.165) is 5.56 Å². The molecule has 2 aromatic carbocycles. The molecule has 2 N–H and O–H groups in total. The van der Waals surface area contributed by atoms with Gasteiger partial charge in [0.1, 0.15) is 12.6 Å². The van der Waals surface area contributed by atoms with Crippen molar-refractivity contribution >= 4 is 45.2 Å². The van der Waals surface area contributed by atoms with E-state index in [1.807, 2.05) is 30.3 Å². The van der Waals surface area contributed by atoms with Gasteiger partial charge in [0.05, 0.1) is 5.02 Å². The molecule has 1 atom stereocenters. The zero-order valence-corrected chi connectivity index (χ0v) is 15.2. The number of ether oxygens (including phenoxy) is 1. The molecular weight excluding hydrogens is 396 g/mol. The van der Waals surface area contributed by atoms with E-state index in [4.69, 9.17) is 16.3 Å². The van der Waals surface area contributed by atoms with Crippen molar-refractivity contribution in [3.63, 3.8) is 0 Å². The molecule has 2 rings (SSSR count). The fraction of sp³-hybridized carbons (Fsp3) is 0.176. The lowest BCUT2D eigenvalue weighted by Gasteiger charge is -2.14. The summed E-state index contributed by atoms with van der Waals surface area (Å²) in [5, 5.41) is 5.72. The largest absolute Gasteiger partial charge is 0.445 e. The fourth-order valence-electron chi connectivity index (χ4n) is 1.83. The molecule has 5 nitrogen and oxygen atoms in total. The molecule has 126 valence electrons. The number of anilines is 1. The Hall–Kier alpha value is -2.05. The second-order valence-corrected chi connectivity index (χ2v) is 6.31. The predicted octanol–water partition coefficient (Wildman–Crippen LogP) is 4.36. The minimum absolute atomic E-state index is 0.144. The van der Waals surface area contributed by atoms with Crippen LogP contribution in [0.25, 0.3) is 0 Å². The minimum Gasteiger partial charge on any atom is -0.445 e. The summed E-state index contributed by atoms with van der Waals surface area (Å²) in [4.78, 5) is 23.8. The van der Waals surface area contributed by atoms with E-state index in [1.165, 1.54) is 0 Å². The van der Waals surface area contributed by atoms with Gasteiger partial charge in [-0.15, -0.1) is 0 Å². The van der Waals surface area contributed by atoms with Crippen LogP contribution in [-0.2, 0) is 16.1 Å². The Kier molecular flexibility index (Phi) is 6.63. The van der Waals surface area contributed by atoms with Gasteiger partial charge in [0, 0.05) is 10.2 Å². The molecule has 1 unspecified atom stereocenters. The highest BCUT2D eigenvalue weighted by Crippen LogP contribution is 2.25. The van der Waals surface area contributed by atoms with Gasteiger partial charge in [-0.1, -0.05) is 41.9 Å². The lowest BCUT2D eigenvalue weighted by molar-refractivity contribution is -0.117. The van der Waals surface area contributed by atoms with Crippen LogP contribution in [0.5, 0.6) is 0 Å². The molecule has 2 aromatic rings. The van der Waals surface area contributed by atoms with Crippen molar-refractivity contribution in [2.24, 2.45) is 0 Å². The summed E-state index contributed by atoms with van der Waals surface area (Å²) in [7, 11) is 0. The molecule has 0 fully saturated rings. The number of halogens is 2. The number of alkyl carbamates (subject to hydrolysis) is 1. The van der Waals surface area contributed by atoms with E-state index >= 15 is 0 Å². The van der Waals surface area contributed by atoms with Crippen molar-refractivity contribution in [2.75, 3.05) is 5.32 Å². The summed E-state index contributed by atoms with van der Waals surface area (Å²) in [5.74, 6) is -0.360. The number of benzene rings is 2. The summed E-state index contributed by atoms with van der Waals surface area (Å²) >= 11 is 9.18. The molecule has 7 heteroatoms. The topological polar surface area (TPSA) is 67.4 Å². The van der Waals surface area contributed by atoms with E-state index in [9.17, 15) is 9.59 Å². The number of nitrogens with one attached hydrogen (secondary N) is 2. The summed E-state index contributed by atoms with van der Waals surface area (Å²) in [6, 6.07) is 13.6. The molecule has 0 aromatic heterocycles. The third-order valence-corrected chi connectivity index (χ3v) is 4.34. The normalized spacial score (nSPS) is 11.5. The molecular formula is C17H16BrClN2O3. The Morgan fingerprint density at radius 2 is 1.92 bits per heavy atom. The van der Waals surface area contributed by atoms with Crippen molar-refractivity contribution in [3.8, 4) is 0 Å². The van der Waals surface area contributed by atoms with Crippen LogP contribution in [0.1, 0.15) is 12.5 Å². The van der Waals surface area contributed by atoms with Crippen LogP contribution in [0.15, 0.2) is 53.0 Å². The first kappa shape index (κ1) is 18.3. The summed E-state index contributed by atoms with van der Waals surface area (Å²) < 4.78 is 5.75. The number of hydrogen-bond donors (Lipinski definition) is 2. The smallest absolute Gasteiger partial charge is 0.408 e. The molecule has 0 saturated heterocycles. The van der Waals surface area contributed by atoms with Crippen molar-refractivity contribution in [2.45, 2.75) is 19.6 Å². The lowest BCUT2D eigenvalue weighted by atomic mass is 10.2. The zero-order valence-electron chi connectivity index (χ0n) is 12.9. The quantitative estimate of drug-likeness (QED) is 0.768. The first-order valence-corrected chi connectivity index (χ1v) is 8.36. The van der Waals surface area contributed by atoms with E-state index in [1.54, 1.807) is 25.1 Å². The van der Waals surface area contributed by atoms with E-state index in [-0.39, 0.29) is 12.5 Å². The Morgan fingerprint density at radius 3 is 2.58 bits per heavy atom. The van der Waals surface area contributed by atoms with Crippen LogP contribution in [0.3, 0.4) is 0 Å². The Bertz CT molecular complexity index is 725. The highest BCUT2D eigenvalue weighted by atomic mass is 79.9. The summed E-state index contributed by atoms with van der Waals surface area (Å²) in [6.07, 6.45) is -0.654. The highest BCUT2D eigenvalue weighted by Gasteiger charge is 2.16. The lowest BCUT2D eigenvalue weighted by Crippen LogP contribution is -2.41. The Morgan fingerprint density at radius 1 is 1.21 bits per heavy atom. The van der Waals surface area contributed by atoms with Crippen LogP contribution in [-0.4, -0.2) is 18.0 Å². The number of amides is 2. The maximum atomic E-state index is 12.1. The van der Waals surface area contributed by atoms with Gasteiger partial charge in [0.25, 0.3) is 0 Å². The molecule has 0 bridgehead atoms. The van der Waals surface area contributed by atoms with Gasteiger partial charge in [-0.05, 0) is 46.6 Å². The first-order valence-electron chi connectivity index (χ1n) is 7.19. The Labute approximate surface area is 153 Å². The SMILES string of the molecule is CC(NC(=O)OCc1ccccc1)C(=O)Nc1ccc(Cl)c(Br)c1. The number of carbonyl (C=O) groups excluding carboxylic acids is 2. The van der Waals surface area contributed by atoms with Gasteiger partial charge < -0.3 is 15.4 Å². The van der Waals surface area contributed by atoms with Gasteiger partial charge >= 0.3 is 6.09 Å². The molecule has 0 aliphatic rings.